The molecule has 6 heteroatoms. The van der Waals surface area contributed by atoms with Gasteiger partial charge in [0.15, 0.2) is 11.5 Å². The van der Waals surface area contributed by atoms with Gasteiger partial charge in [-0.25, -0.2) is 0 Å². The molecule has 25 heavy (non-hydrogen) atoms. The lowest BCUT2D eigenvalue weighted by atomic mass is 10.2. The molecule has 3 aromatic rings. The number of hydrogen-bond acceptors (Lipinski definition) is 5. The minimum absolute atomic E-state index is 0.232. The fourth-order valence-electron chi connectivity index (χ4n) is 2.22. The molecule has 2 N–H and O–H groups in total. The van der Waals surface area contributed by atoms with E-state index in [1.807, 2.05) is 36.4 Å². The van der Waals surface area contributed by atoms with Crippen LogP contribution < -0.4 is 10.6 Å². The molecule has 0 aliphatic carbocycles. The summed E-state index contributed by atoms with van der Waals surface area (Å²) in [5.74, 6) is 0.169. The van der Waals surface area contributed by atoms with Crippen LogP contribution in [0.1, 0.15) is 21.6 Å². The maximum atomic E-state index is 12.1. The summed E-state index contributed by atoms with van der Waals surface area (Å²) in [5.41, 5.74) is 2.39. The van der Waals surface area contributed by atoms with Gasteiger partial charge in [-0.1, -0.05) is 42.5 Å². The molecular formula is C19H15N5O. The van der Waals surface area contributed by atoms with Crippen LogP contribution in [0.5, 0.6) is 0 Å². The predicted octanol–water partition coefficient (Wildman–Crippen LogP) is 3.02. The summed E-state index contributed by atoms with van der Waals surface area (Å²) in [4.78, 5) is 12.1. The molecular weight excluding hydrogens is 314 g/mol. The first-order chi connectivity index (χ1) is 12.3. The van der Waals surface area contributed by atoms with E-state index in [9.17, 15) is 4.79 Å². The largest absolute Gasteiger partial charge is 0.347 e. The number of nitriles is 1. The van der Waals surface area contributed by atoms with Gasteiger partial charge in [0, 0.05) is 6.54 Å². The van der Waals surface area contributed by atoms with Crippen molar-refractivity contribution in [1.82, 2.24) is 15.5 Å². The molecule has 0 saturated heterocycles. The number of carbonyl (C=O) groups is 1. The Morgan fingerprint density at radius 2 is 1.72 bits per heavy atom. The lowest BCUT2D eigenvalue weighted by Crippen LogP contribution is -2.24. The molecule has 3 rings (SSSR count). The third-order valence-corrected chi connectivity index (χ3v) is 3.50. The fraction of sp³-hybridized carbons (Fsp3) is 0.0526. The topological polar surface area (TPSA) is 90.7 Å². The van der Waals surface area contributed by atoms with Gasteiger partial charge in [0.1, 0.15) is 6.07 Å². The third kappa shape index (κ3) is 4.18. The van der Waals surface area contributed by atoms with Crippen LogP contribution in [0.4, 0.5) is 11.5 Å². The lowest BCUT2D eigenvalue weighted by molar-refractivity contribution is 0.0945. The molecule has 0 bridgehead atoms. The first kappa shape index (κ1) is 16.1. The number of hydrogen-bond donors (Lipinski definition) is 2. The van der Waals surface area contributed by atoms with E-state index in [1.165, 1.54) is 0 Å². The lowest BCUT2D eigenvalue weighted by Gasteiger charge is -2.07. The van der Waals surface area contributed by atoms with Crippen LogP contribution >= 0.6 is 0 Å². The van der Waals surface area contributed by atoms with Gasteiger partial charge in [-0.15, -0.1) is 10.2 Å². The van der Waals surface area contributed by atoms with Gasteiger partial charge in [-0.3, -0.25) is 4.79 Å². The number of aromatic nitrogens is 2. The summed E-state index contributed by atoms with van der Waals surface area (Å²) in [6.07, 6.45) is 0. The van der Waals surface area contributed by atoms with Crippen molar-refractivity contribution < 1.29 is 4.79 Å². The number of amides is 1. The van der Waals surface area contributed by atoms with Crippen LogP contribution in [0, 0.1) is 11.3 Å². The van der Waals surface area contributed by atoms with Gasteiger partial charge in [0.25, 0.3) is 5.91 Å². The van der Waals surface area contributed by atoms with Crippen LogP contribution in [0.15, 0.2) is 66.7 Å². The Kier molecular flexibility index (Phi) is 4.98. The Labute approximate surface area is 145 Å². The monoisotopic (exact) mass is 329 g/mol. The van der Waals surface area contributed by atoms with Crippen molar-refractivity contribution in [3.05, 3.63) is 83.6 Å². The van der Waals surface area contributed by atoms with E-state index >= 15 is 0 Å². The molecule has 0 fully saturated rings. The highest BCUT2D eigenvalue weighted by molar-refractivity contribution is 5.92. The minimum atomic E-state index is -0.291. The van der Waals surface area contributed by atoms with Crippen LogP contribution in [0.3, 0.4) is 0 Å². The van der Waals surface area contributed by atoms with Gasteiger partial charge >= 0.3 is 0 Å². The second-order valence-electron chi connectivity index (χ2n) is 5.25. The standard InChI is InChI=1S/C19H15N5O/c20-12-15-8-4-5-9-16(15)22-18-11-10-17(23-24-18)19(25)21-13-14-6-2-1-3-7-14/h1-11H,13H2,(H,21,25)(H,22,24). The SMILES string of the molecule is N#Cc1ccccc1Nc1ccc(C(=O)NCc2ccccc2)nn1. The zero-order chi connectivity index (χ0) is 17.5. The van der Waals surface area contributed by atoms with E-state index in [0.717, 1.165) is 5.56 Å². The Hall–Kier alpha value is -3.72. The highest BCUT2D eigenvalue weighted by Crippen LogP contribution is 2.18. The maximum absolute atomic E-state index is 12.1. The molecule has 122 valence electrons. The number of rotatable bonds is 5. The average Bonchev–Trinajstić information content (AvgIpc) is 2.68. The molecule has 0 aliphatic rings. The molecule has 0 radical (unpaired) electrons. The normalized spacial score (nSPS) is 9.88. The van der Waals surface area contributed by atoms with Crippen molar-refractivity contribution in [3.8, 4) is 6.07 Å². The van der Waals surface area contributed by atoms with Gasteiger partial charge in [-0.2, -0.15) is 5.26 Å². The molecule has 0 unspecified atom stereocenters. The summed E-state index contributed by atoms with van der Waals surface area (Å²) in [5, 5.41) is 22.8. The molecule has 1 heterocycles. The summed E-state index contributed by atoms with van der Waals surface area (Å²) >= 11 is 0. The van der Waals surface area contributed by atoms with Crippen LogP contribution in [0.25, 0.3) is 0 Å². The molecule has 2 aromatic carbocycles. The zero-order valence-electron chi connectivity index (χ0n) is 13.3. The van der Waals surface area contributed by atoms with E-state index in [4.69, 9.17) is 5.26 Å². The second-order valence-corrected chi connectivity index (χ2v) is 5.25. The number of carbonyl (C=O) groups excluding carboxylic acids is 1. The van der Waals surface area contributed by atoms with E-state index in [1.54, 1.807) is 30.3 Å². The van der Waals surface area contributed by atoms with E-state index < -0.39 is 0 Å². The highest BCUT2D eigenvalue weighted by atomic mass is 16.1. The van der Waals surface area contributed by atoms with Gasteiger partial charge in [0.05, 0.1) is 11.3 Å². The molecule has 0 saturated carbocycles. The van der Waals surface area contributed by atoms with Gasteiger partial charge in [-0.05, 0) is 29.8 Å². The van der Waals surface area contributed by atoms with Crippen LogP contribution in [-0.2, 0) is 6.54 Å². The van der Waals surface area contributed by atoms with Gasteiger partial charge < -0.3 is 10.6 Å². The predicted molar refractivity (Wildman–Crippen MR) is 94.1 cm³/mol. The smallest absolute Gasteiger partial charge is 0.272 e. The first-order valence-electron chi connectivity index (χ1n) is 7.68. The summed E-state index contributed by atoms with van der Waals surface area (Å²) in [7, 11) is 0. The van der Waals surface area contributed by atoms with Gasteiger partial charge in [0.2, 0.25) is 0 Å². The molecule has 6 nitrogen and oxygen atoms in total. The summed E-state index contributed by atoms with van der Waals surface area (Å²) in [6.45, 7) is 0.427. The van der Waals surface area contributed by atoms with Crippen LogP contribution in [0.2, 0.25) is 0 Å². The fourth-order valence-corrected chi connectivity index (χ4v) is 2.22. The number of anilines is 2. The van der Waals surface area contributed by atoms with Crippen molar-refractivity contribution in [2.45, 2.75) is 6.54 Å². The van der Waals surface area contributed by atoms with Crippen molar-refractivity contribution >= 4 is 17.4 Å². The van der Waals surface area contributed by atoms with E-state index in [0.29, 0.717) is 23.6 Å². The Morgan fingerprint density at radius 1 is 0.960 bits per heavy atom. The molecule has 0 spiro atoms. The summed E-state index contributed by atoms with van der Waals surface area (Å²) in [6, 6.07) is 22.1. The van der Waals surface area contributed by atoms with Crippen molar-refractivity contribution in [1.29, 1.82) is 5.26 Å². The molecule has 1 aromatic heterocycles. The molecule has 0 aliphatic heterocycles. The Balaban J connectivity index is 1.64. The van der Waals surface area contributed by atoms with Crippen molar-refractivity contribution in [2.24, 2.45) is 0 Å². The quantitative estimate of drug-likeness (QED) is 0.751. The molecule has 0 atom stereocenters. The van der Waals surface area contributed by atoms with E-state index in [2.05, 4.69) is 26.9 Å². The van der Waals surface area contributed by atoms with Crippen LogP contribution in [-0.4, -0.2) is 16.1 Å². The second kappa shape index (κ2) is 7.70. The third-order valence-electron chi connectivity index (χ3n) is 3.50. The first-order valence-corrected chi connectivity index (χ1v) is 7.68. The highest BCUT2D eigenvalue weighted by Gasteiger charge is 2.09. The average molecular weight is 329 g/mol. The maximum Gasteiger partial charge on any atom is 0.272 e. The number of nitrogens with zero attached hydrogens (tertiary/aromatic N) is 3. The Bertz CT molecular complexity index is 901. The van der Waals surface area contributed by atoms with Crippen molar-refractivity contribution in [3.63, 3.8) is 0 Å². The summed E-state index contributed by atoms with van der Waals surface area (Å²) < 4.78 is 0. The number of nitrogens with one attached hydrogen (secondary N) is 2. The van der Waals surface area contributed by atoms with Crippen molar-refractivity contribution in [2.75, 3.05) is 5.32 Å². The number of benzene rings is 2. The minimum Gasteiger partial charge on any atom is -0.347 e. The molecule has 1 amide bonds. The Morgan fingerprint density at radius 3 is 2.44 bits per heavy atom. The van der Waals surface area contributed by atoms with E-state index in [-0.39, 0.29) is 11.6 Å². The zero-order valence-corrected chi connectivity index (χ0v) is 13.3. The number of para-hydroxylation sites is 1.